The van der Waals surface area contributed by atoms with Crippen molar-refractivity contribution in [3.05, 3.63) is 59.3 Å². The first-order valence-electron chi connectivity index (χ1n) is 9.63. The molecule has 4 heterocycles. The second-order valence-electron chi connectivity index (χ2n) is 7.34. The lowest BCUT2D eigenvalue weighted by atomic mass is 10.1. The molecule has 0 bridgehead atoms. The molecule has 0 spiro atoms. The molecule has 0 amide bonds. The van der Waals surface area contributed by atoms with Gasteiger partial charge in [-0.1, -0.05) is 22.9 Å². The summed E-state index contributed by atoms with van der Waals surface area (Å²) in [4.78, 5) is 13.2. The normalized spacial score (nSPS) is 21.7. The standard InChI is InChI=1S/C20H19ClN8/c21-14-2-1-3-15(10-14)29-13-18(25-26-29)19-5-4-16-12-27(8-9-28(16)19)20-17(11-22)23-6-7-24-20/h1-3,6-7,10,13,16,19H,4-5,8-9,12H2/t16?,19-/m1/s1. The molecule has 8 nitrogen and oxygen atoms in total. The highest BCUT2D eigenvalue weighted by atomic mass is 35.5. The zero-order valence-corrected chi connectivity index (χ0v) is 16.4. The third-order valence-corrected chi connectivity index (χ3v) is 5.95. The predicted molar refractivity (Wildman–Crippen MR) is 108 cm³/mol. The molecule has 2 aromatic heterocycles. The van der Waals surface area contributed by atoms with Crippen molar-refractivity contribution in [3.63, 3.8) is 0 Å². The average molecular weight is 407 g/mol. The molecule has 2 aliphatic heterocycles. The van der Waals surface area contributed by atoms with Gasteiger partial charge in [0.1, 0.15) is 11.8 Å². The minimum absolute atomic E-state index is 0.257. The van der Waals surface area contributed by atoms with E-state index in [4.69, 9.17) is 11.6 Å². The van der Waals surface area contributed by atoms with E-state index in [1.54, 1.807) is 17.1 Å². The number of anilines is 1. The van der Waals surface area contributed by atoms with Crippen molar-refractivity contribution < 1.29 is 0 Å². The van der Waals surface area contributed by atoms with Gasteiger partial charge in [0.15, 0.2) is 11.5 Å². The molecule has 2 saturated heterocycles. The Labute approximate surface area is 173 Å². The summed E-state index contributed by atoms with van der Waals surface area (Å²) in [5.41, 5.74) is 2.28. The maximum atomic E-state index is 9.33. The third-order valence-electron chi connectivity index (χ3n) is 5.71. The van der Waals surface area contributed by atoms with Gasteiger partial charge in [-0.25, -0.2) is 14.6 Å². The Kier molecular flexibility index (Phi) is 4.62. The minimum Gasteiger partial charge on any atom is -0.351 e. The fourth-order valence-electron chi connectivity index (χ4n) is 4.38. The van der Waals surface area contributed by atoms with Gasteiger partial charge < -0.3 is 4.90 Å². The second-order valence-corrected chi connectivity index (χ2v) is 7.78. The molecule has 0 N–H and O–H groups in total. The second kappa shape index (κ2) is 7.43. The number of hydrogen-bond acceptors (Lipinski definition) is 7. The Balaban J connectivity index is 1.33. The maximum Gasteiger partial charge on any atom is 0.183 e. The molecular formula is C20H19ClN8. The van der Waals surface area contributed by atoms with Gasteiger partial charge in [-0.2, -0.15) is 5.26 Å². The number of fused-ring (bicyclic) bond motifs is 1. The van der Waals surface area contributed by atoms with Crippen LogP contribution in [-0.2, 0) is 0 Å². The maximum absolute atomic E-state index is 9.33. The summed E-state index contributed by atoms with van der Waals surface area (Å²) in [7, 11) is 0. The summed E-state index contributed by atoms with van der Waals surface area (Å²) in [5.74, 6) is 0.685. The lowest BCUT2D eigenvalue weighted by Gasteiger charge is -2.40. The van der Waals surface area contributed by atoms with Gasteiger partial charge in [0.05, 0.1) is 17.9 Å². The molecule has 9 heteroatoms. The van der Waals surface area contributed by atoms with Crippen molar-refractivity contribution in [3.8, 4) is 11.8 Å². The van der Waals surface area contributed by atoms with Gasteiger partial charge in [0.25, 0.3) is 0 Å². The molecule has 2 atom stereocenters. The van der Waals surface area contributed by atoms with Crippen LogP contribution in [0, 0.1) is 11.3 Å². The van der Waals surface area contributed by atoms with E-state index < -0.39 is 0 Å². The highest BCUT2D eigenvalue weighted by Gasteiger charge is 2.40. The minimum atomic E-state index is 0.257. The first kappa shape index (κ1) is 18.0. The van der Waals surface area contributed by atoms with Crippen molar-refractivity contribution >= 4 is 17.4 Å². The molecule has 0 radical (unpaired) electrons. The summed E-state index contributed by atoms with van der Waals surface area (Å²) in [6.45, 7) is 2.54. The predicted octanol–water partition coefficient (Wildman–Crippen LogP) is 2.61. The highest BCUT2D eigenvalue weighted by Crippen LogP contribution is 2.38. The van der Waals surface area contributed by atoms with Crippen LogP contribution < -0.4 is 4.90 Å². The van der Waals surface area contributed by atoms with E-state index in [9.17, 15) is 5.26 Å². The van der Waals surface area contributed by atoms with Crippen LogP contribution in [0.1, 0.15) is 30.3 Å². The number of halogens is 1. The molecule has 2 fully saturated rings. The molecule has 0 saturated carbocycles. The van der Waals surface area contributed by atoms with Gasteiger partial charge in [0, 0.05) is 43.1 Å². The number of aromatic nitrogens is 5. The van der Waals surface area contributed by atoms with E-state index in [-0.39, 0.29) is 6.04 Å². The van der Waals surface area contributed by atoms with Gasteiger partial charge >= 0.3 is 0 Å². The molecule has 0 aliphatic carbocycles. The fraction of sp³-hybridized carbons (Fsp3) is 0.350. The zero-order valence-electron chi connectivity index (χ0n) is 15.7. The summed E-state index contributed by atoms with van der Waals surface area (Å²) >= 11 is 6.10. The Morgan fingerprint density at radius 2 is 2.03 bits per heavy atom. The van der Waals surface area contributed by atoms with Gasteiger partial charge in [-0.3, -0.25) is 4.90 Å². The van der Waals surface area contributed by atoms with Gasteiger partial charge in [-0.05, 0) is 31.0 Å². The van der Waals surface area contributed by atoms with Crippen molar-refractivity contribution in [2.24, 2.45) is 0 Å². The summed E-state index contributed by atoms with van der Waals surface area (Å²) in [5, 5.41) is 18.8. The smallest absolute Gasteiger partial charge is 0.183 e. The first-order chi connectivity index (χ1) is 14.2. The van der Waals surface area contributed by atoms with Gasteiger partial charge in [0.2, 0.25) is 0 Å². The molecule has 5 rings (SSSR count). The van der Waals surface area contributed by atoms with Crippen LogP contribution in [0.15, 0.2) is 42.9 Å². The van der Waals surface area contributed by atoms with E-state index in [2.05, 4.69) is 36.1 Å². The molecule has 1 aromatic carbocycles. The van der Waals surface area contributed by atoms with Crippen molar-refractivity contribution in [2.45, 2.75) is 24.9 Å². The molecule has 2 aliphatic rings. The quantitative estimate of drug-likeness (QED) is 0.660. The lowest BCUT2D eigenvalue weighted by molar-refractivity contribution is 0.173. The van der Waals surface area contributed by atoms with Crippen molar-refractivity contribution in [1.82, 2.24) is 29.9 Å². The molecule has 1 unspecified atom stereocenters. The summed E-state index contributed by atoms with van der Waals surface area (Å²) in [6.07, 6.45) is 7.33. The number of nitrogens with zero attached hydrogens (tertiary/aromatic N) is 8. The van der Waals surface area contributed by atoms with Crippen LogP contribution in [-0.4, -0.2) is 55.5 Å². The Hall–Kier alpha value is -3.02. The SMILES string of the molecule is N#Cc1nccnc1N1CCN2C(CC[C@@H]2c2cn(-c3cccc(Cl)c3)nn2)C1. The number of rotatable bonds is 3. The third kappa shape index (κ3) is 3.33. The van der Waals surface area contributed by atoms with Gasteiger partial charge in [-0.15, -0.1) is 5.10 Å². The molecular weight excluding hydrogens is 388 g/mol. The van der Waals surface area contributed by atoms with E-state index >= 15 is 0 Å². The molecule has 146 valence electrons. The Morgan fingerprint density at radius 1 is 1.14 bits per heavy atom. The Morgan fingerprint density at radius 3 is 2.90 bits per heavy atom. The van der Waals surface area contributed by atoms with Crippen molar-refractivity contribution in [1.29, 1.82) is 5.26 Å². The van der Waals surface area contributed by atoms with E-state index in [1.807, 2.05) is 30.5 Å². The summed E-state index contributed by atoms with van der Waals surface area (Å²) in [6, 6.07) is 10.4. The van der Waals surface area contributed by atoms with Crippen LogP contribution in [0.3, 0.4) is 0 Å². The average Bonchev–Trinajstić information content (AvgIpc) is 3.40. The fourth-order valence-corrected chi connectivity index (χ4v) is 4.56. The van der Waals surface area contributed by atoms with E-state index in [0.717, 1.165) is 43.9 Å². The molecule has 3 aromatic rings. The number of hydrogen-bond donors (Lipinski definition) is 0. The van der Waals surface area contributed by atoms with Crippen LogP contribution in [0.5, 0.6) is 0 Å². The highest BCUT2D eigenvalue weighted by molar-refractivity contribution is 6.30. The van der Waals surface area contributed by atoms with Crippen LogP contribution in [0.2, 0.25) is 5.02 Å². The van der Waals surface area contributed by atoms with Crippen molar-refractivity contribution in [2.75, 3.05) is 24.5 Å². The number of piperazine rings is 1. The van der Waals surface area contributed by atoms with E-state index in [1.165, 1.54) is 0 Å². The van der Waals surface area contributed by atoms with Crippen LogP contribution in [0.25, 0.3) is 5.69 Å². The summed E-state index contributed by atoms with van der Waals surface area (Å²) < 4.78 is 1.78. The number of benzene rings is 1. The molecule has 29 heavy (non-hydrogen) atoms. The largest absolute Gasteiger partial charge is 0.351 e. The van der Waals surface area contributed by atoms with Crippen LogP contribution in [0.4, 0.5) is 5.82 Å². The Bertz CT molecular complexity index is 1070. The topological polar surface area (TPSA) is 86.8 Å². The zero-order chi connectivity index (χ0) is 19.8. The number of nitriles is 1. The van der Waals surface area contributed by atoms with E-state index in [0.29, 0.717) is 22.6 Å². The monoisotopic (exact) mass is 406 g/mol. The lowest BCUT2D eigenvalue weighted by Crippen LogP contribution is -2.51. The first-order valence-corrected chi connectivity index (χ1v) is 10.0. The van der Waals surface area contributed by atoms with Crippen LogP contribution >= 0.6 is 11.6 Å².